The molecule has 0 unspecified atom stereocenters. The Bertz CT molecular complexity index is 293. The van der Waals surface area contributed by atoms with Crippen molar-refractivity contribution in [3.63, 3.8) is 0 Å². The van der Waals surface area contributed by atoms with Crippen molar-refractivity contribution in [2.45, 2.75) is 19.4 Å². The van der Waals surface area contributed by atoms with Crippen molar-refractivity contribution in [3.8, 4) is 0 Å². The predicted octanol–water partition coefficient (Wildman–Crippen LogP) is 1.45. The first-order chi connectivity index (χ1) is 6.86. The number of amides is 2. The topological polar surface area (TPSA) is 45.2 Å². The number of thiazole rings is 1. The second-order valence-corrected chi connectivity index (χ2v) is 4.26. The van der Waals surface area contributed by atoms with E-state index in [0.717, 1.165) is 30.9 Å². The molecule has 0 spiro atoms. The summed E-state index contributed by atoms with van der Waals surface area (Å²) in [6.07, 6.45) is 4.01. The van der Waals surface area contributed by atoms with Crippen molar-refractivity contribution >= 4 is 17.4 Å². The Morgan fingerprint density at radius 2 is 2.36 bits per heavy atom. The summed E-state index contributed by atoms with van der Waals surface area (Å²) in [5.41, 5.74) is 0. The summed E-state index contributed by atoms with van der Waals surface area (Å²) in [4.78, 5) is 17.5. The molecule has 0 radical (unpaired) electrons. The first-order valence-corrected chi connectivity index (χ1v) is 5.65. The van der Waals surface area contributed by atoms with E-state index in [-0.39, 0.29) is 6.03 Å². The largest absolute Gasteiger partial charge is 0.331 e. The van der Waals surface area contributed by atoms with Crippen LogP contribution in [-0.4, -0.2) is 29.0 Å². The Labute approximate surface area is 86.9 Å². The quantitative estimate of drug-likeness (QED) is 0.804. The Kier molecular flexibility index (Phi) is 2.98. The molecule has 1 aromatic rings. The van der Waals surface area contributed by atoms with Crippen molar-refractivity contribution in [2.75, 3.05) is 13.1 Å². The summed E-state index contributed by atoms with van der Waals surface area (Å²) >= 11 is 1.56. The number of carbonyl (C=O) groups is 1. The molecule has 1 aromatic heterocycles. The molecule has 2 amide bonds. The van der Waals surface area contributed by atoms with Gasteiger partial charge in [0.05, 0.1) is 6.54 Å². The number of carbonyl (C=O) groups excluding carboxylic acids is 1. The fraction of sp³-hybridized carbons (Fsp3) is 0.556. The molecule has 2 rings (SSSR count). The Hall–Kier alpha value is -1.10. The first-order valence-electron chi connectivity index (χ1n) is 4.77. The van der Waals surface area contributed by atoms with Gasteiger partial charge in [0, 0.05) is 24.7 Å². The molecule has 1 saturated heterocycles. The molecule has 76 valence electrons. The van der Waals surface area contributed by atoms with Gasteiger partial charge in [0.2, 0.25) is 0 Å². The van der Waals surface area contributed by atoms with Crippen LogP contribution in [0.5, 0.6) is 0 Å². The summed E-state index contributed by atoms with van der Waals surface area (Å²) in [6, 6.07) is 0.0395. The molecule has 14 heavy (non-hydrogen) atoms. The number of aromatic nitrogens is 1. The van der Waals surface area contributed by atoms with Crippen LogP contribution >= 0.6 is 11.3 Å². The molecular formula is C9H13N3OS. The zero-order chi connectivity index (χ0) is 9.80. The molecule has 0 aromatic carbocycles. The molecule has 2 heterocycles. The Balaban J connectivity index is 1.77. The van der Waals surface area contributed by atoms with Crippen LogP contribution in [0.15, 0.2) is 11.6 Å². The van der Waals surface area contributed by atoms with E-state index in [2.05, 4.69) is 10.3 Å². The maximum atomic E-state index is 11.5. The maximum absolute atomic E-state index is 11.5. The molecule has 0 aliphatic carbocycles. The van der Waals surface area contributed by atoms with E-state index in [4.69, 9.17) is 0 Å². The number of likely N-dealkylation sites (tertiary alicyclic amines) is 1. The number of hydrogen-bond acceptors (Lipinski definition) is 3. The van der Waals surface area contributed by atoms with Crippen LogP contribution in [-0.2, 0) is 6.54 Å². The van der Waals surface area contributed by atoms with Gasteiger partial charge in [0.15, 0.2) is 0 Å². The second kappa shape index (κ2) is 4.41. The van der Waals surface area contributed by atoms with E-state index in [1.54, 1.807) is 17.5 Å². The SMILES string of the molecule is O=C(NCc1nccs1)N1CCCC1. The molecule has 0 saturated carbocycles. The highest BCUT2D eigenvalue weighted by Crippen LogP contribution is 2.08. The van der Waals surface area contributed by atoms with Gasteiger partial charge >= 0.3 is 6.03 Å². The van der Waals surface area contributed by atoms with E-state index in [1.807, 2.05) is 10.3 Å². The van der Waals surface area contributed by atoms with Gasteiger partial charge in [-0.15, -0.1) is 11.3 Å². The Morgan fingerprint density at radius 3 is 3.00 bits per heavy atom. The van der Waals surface area contributed by atoms with Crippen molar-refractivity contribution in [3.05, 3.63) is 16.6 Å². The number of urea groups is 1. The third-order valence-electron chi connectivity index (χ3n) is 2.27. The number of nitrogens with one attached hydrogen (secondary N) is 1. The van der Waals surface area contributed by atoms with Gasteiger partial charge in [-0.05, 0) is 12.8 Å². The minimum absolute atomic E-state index is 0.0395. The third kappa shape index (κ3) is 2.23. The average Bonchev–Trinajstić information content (AvgIpc) is 2.87. The fourth-order valence-corrected chi connectivity index (χ4v) is 2.08. The van der Waals surface area contributed by atoms with Crippen LogP contribution in [0.2, 0.25) is 0 Å². The van der Waals surface area contributed by atoms with Crippen LogP contribution in [0.25, 0.3) is 0 Å². The first kappa shape index (κ1) is 9.45. The lowest BCUT2D eigenvalue weighted by molar-refractivity contribution is 0.208. The van der Waals surface area contributed by atoms with Crippen molar-refractivity contribution in [1.29, 1.82) is 0 Å². The van der Waals surface area contributed by atoms with E-state index in [0.29, 0.717) is 6.54 Å². The second-order valence-electron chi connectivity index (χ2n) is 3.28. The standard InChI is InChI=1S/C9H13N3OS/c13-9(12-4-1-2-5-12)11-7-8-10-3-6-14-8/h3,6H,1-2,4-5,7H2,(H,11,13). The molecule has 1 aliphatic rings. The van der Waals surface area contributed by atoms with Gasteiger partial charge in [-0.3, -0.25) is 0 Å². The van der Waals surface area contributed by atoms with Crippen molar-refractivity contribution in [1.82, 2.24) is 15.2 Å². The summed E-state index contributed by atoms with van der Waals surface area (Å²) in [7, 11) is 0. The monoisotopic (exact) mass is 211 g/mol. The van der Waals surface area contributed by atoms with E-state index in [9.17, 15) is 4.79 Å². The van der Waals surface area contributed by atoms with Crippen LogP contribution in [0.3, 0.4) is 0 Å². The highest BCUT2D eigenvalue weighted by atomic mass is 32.1. The highest BCUT2D eigenvalue weighted by Gasteiger charge is 2.17. The molecule has 1 aliphatic heterocycles. The normalized spacial score (nSPS) is 15.9. The lowest BCUT2D eigenvalue weighted by Crippen LogP contribution is -2.37. The zero-order valence-electron chi connectivity index (χ0n) is 7.90. The smallest absolute Gasteiger partial charge is 0.317 e. The van der Waals surface area contributed by atoms with Crippen LogP contribution in [0.1, 0.15) is 17.8 Å². The minimum Gasteiger partial charge on any atom is -0.331 e. The molecule has 1 N–H and O–H groups in total. The molecule has 1 fully saturated rings. The number of nitrogens with zero attached hydrogens (tertiary/aromatic N) is 2. The van der Waals surface area contributed by atoms with Gasteiger partial charge in [0.1, 0.15) is 5.01 Å². The number of hydrogen-bond donors (Lipinski definition) is 1. The molecule has 4 nitrogen and oxygen atoms in total. The summed E-state index contributed by atoms with van der Waals surface area (Å²) in [6.45, 7) is 2.33. The predicted molar refractivity (Wildman–Crippen MR) is 55.2 cm³/mol. The highest BCUT2D eigenvalue weighted by molar-refractivity contribution is 7.09. The minimum atomic E-state index is 0.0395. The van der Waals surface area contributed by atoms with Gasteiger partial charge in [-0.2, -0.15) is 0 Å². The van der Waals surface area contributed by atoms with Gasteiger partial charge in [0.25, 0.3) is 0 Å². The van der Waals surface area contributed by atoms with Crippen LogP contribution < -0.4 is 5.32 Å². The van der Waals surface area contributed by atoms with E-state index >= 15 is 0 Å². The molecule has 0 bridgehead atoms. The summed E-state index contributed by atoms with van der Waals surface area (Å²) < 4.78 is 0. The van der Waals surface area contributed by atoms with Gasteiger partial charge in [-0.1, -0.05) is 0 Å². The average molecular weight is 211 g/mol. The summed E-state index contributed by atoms with van der Waals surface area (Å²) in [5.74, 6) is 0. The zero-order valence-corrected chi connectivity index (χ0v) is 8.72. The lowest BCUT2D eigenvalue weighted by atomic mass is 10.4. The third-order valence-corrected chi connectivity index (χ3v) is 3.05. The number of rotatable bonds is 2. The van der Waals surface area contributed by atoms with E-state index < -0.39 is 0 Å². The van der Waals surface area contributed by atoms with Crippen LogP contribution in [0.4, 0.5) is 4.79 Å². The van der Waals surface area contributed by atoms with Gasteiger partial charge in [-0.25, -0.2) is 9.78 Å². The van der Waals surface area contributed by atoms with Crippen LogP contribution in [0, 0.1) is 0 Å². The van der Waals surface area contributed by atoms with Crippen molar-refractivity contribution in [2.24, 2.45) is 0 Å². The van der Waals surface area contributed by atoms with Gasteiger partial charge < -0.3 is 10.2 Å². The lowest BCUT2D eigenvalue weighted by Gasteiger charge is -2.15. The fourth-order valence-electron chi connectivity index (χ4n) is 1.52. The Morgan fingerprint density at radius 1 is 1.57 bits per heavy atom. The summed E-state index contributed by atoms with van der Waals surface area (Å²) in [5, 5.41) is 5.73. The molecule has 0 atom stereocenters. The van der Waals surface area contributed by atoms with E-state index in [1.165, 1.54) is 0 Å². The van der Waals surface area contributed by atoms with Crippen molar-refractivity contribution < 1.29 is 4.79 Å². The maximum Gasteiger partial charge on any atom is 0.317 e. The molecular weight excluding hydrogens is 198 g/mol. The molecule has 5 heteroatoms.